The highest BCUT2D eigenvalue weighted by Crippen LogP contribution is 2.32. The number of rotatable bonds is 6. The molecule has 1 aromatic rings. The first-order chi connectivity index (χ1) is 9.79. The van der Waals surface area contributed by atoms with E-state index >= 15 is 0 Å². The van der Waals surface area contributed by atoms with Crippen molar-refractivity contribution >= 4 is 5.91 Å². The normalized spacial score (nSPS) is 12.6. The molecule has 0 aliphatic heterocycles. The molecule has 1 aromatic carbocycles. The van der Waals surface area contributed by atoms with Gasteiger partial charge in [0, 0.05) is 12.6 Å². The third kappa shape index (κ3) is 4.78. The Balaban J connectivity index is 3.15. The quantitative estimate of drug-likeness (QED) is 0.793. The first-order valence-corrected chi connectivity index (χ1v) is 6.25. The smallest absolute Gasteiger partial charge is 0.416 e. The zero-order chi connectivity index (χ0) is 16.0. The molecule has 0 spiro atoms. The molecule has 3 N–H and O–H groups in total. The summed E-state index contributed by atoms with van der Waals surface area (Å²) in [5.74, 6) is -0.609. The highest BCUT2D eigenvalue weighted by atomic mass is 19.4. The second-order valence-corrected chi connectivity index (χ2v) is 4.42. The number of amides is 1. The van der Waals surface area contributed by atoms with Gasteiger partial charge in [-0.25, -0.2) is 0 Å². The average Bonchev–Trinajstić information content (AvgIpc) is 2.43. The molecule has 116 valence electrons. The summed E-state index contributed by atoms with van der Waals surface area (Å²) in [5.41, 5.74) is 4.27. The van der Waals surface area contributed by atoms with Crippen molar-refractivity contribution in [3.63, 3.8) is 0 Å². The van der Waals surface area contributed by atoms with Crippen LogP contribution < -0.4 is 15.8 Å². The third-order valence-electron chi connectivity index (χ3n) is 2.64. The largest absolute Gasteiger partial charge is 0.489 e. The van der Waals surface area contributed by atoms with Crippen molar-refractivity contribution < 1.29 is 22.7 Å². The van der Waals surface area contributed by atoms with Crippen LogP contribution in [0.5, 0.6) is 5.75 Å². The van der Waals surface area contributed by atoms with Gasteiger partial charge in [-0.3, -0.25) is 4.79 Å². The van der Waals surface area contributed by atoms with Gasteiger partial charge in [0.15, 0.2) is 0 Å². The summed E-state index contributed by atoms with van der Waals surface area (Å²) in [7, 11) is 0. The molecule has 7 heteroatoms. The molecular weight excluding hydrogens is 285 g/mol. The maximum absolute atomic E-state index is 12.7. The molecular formula is C14H17F3N2O2. The zero-order valence-corrected chi connectivity index (χ0v) is 11.5. The number of carbonyl (C=O) groups excluding carboxylic acids is 1. The highest BCUT2D eigenvalue weighted by Gasteiger charge is 2.32. The van der Waals surface area contributed by atoms with Gasteiger partial charge in [-0.2, -0.15) is 13.2 Å². The standard InChI is InChI=1S/C14H17F3N2O2/c1-3-6-21-12-5-4-10(14(15,16)17)7-11(12)13(20)19-9(2)8-18/h3-5,7,9H,1,6,8,18H2,2H3,(H,19,20)/t9-/m0/s1. The van der Waals surface area contributed by atoms with Crippen molar-refractivity contribution in [3.05, 3.63) is 42.0 Å². The molecule has 1 atom stereocenters. The van der Waals surface area contributed by atoms with E-state index in [1.54, 1.807) is 6.92 Å². The van der Waals surface area contributed by atoms with Crippen LogP contribution in [0.2, 0.25) is 0 Å². The fourth-order valence-electron chi connectivity index (χ4n) is 1.52. The second kappa shape index (κ2) is 7.12. The summed E-state index contributed by atoms with van der Waals surface area (Å²) in [6, 6.07) is 2.38. The van der Waals surface area contributed by atoms with Crippen LogP contribution in [-0.4, -0.2) is 25.1 Å². The Morgan fingerprint density at radius 3 is 2.71 bits per heavy atom. The van der Waals surface area contributed by atoms with Gasteiger partial charge in [0.1, 0.15) is 12.4 Å². The summed E-state index contributed by atoms with van der Waals surface area (Å²) >= 11 is 0. The maximum atomic E-state index is 12.7. The van der Waals surface area contributed by atoms with Gasteiger partial charge in [0.05, 0.1) is 11.1 Å². The molecule has 0 heterocycles. The monoisotopic (exact) mass is 302 g/mol. The summed E-state index contributed by atoms with van der Waals surface area (Å²) in [4.78, 5) is 12.0. The van der Waals surface area contributed by atoms with Gasteiger partial charge in [-0.1, -0.05) is 12.7 Å². The second-order valence-electron chi connectivity index (χ2n) is 4.42. The lowest BCUT2D eigenvalue weighted by Gasteiger charge is -2.16. The molecule has 21 heavy (non-hydrogen) atoms. The Kier molecular flexibility index (Phi) is 5.78. The molecule has 4 nitrogen and oxygen atoms in total. The minimum atomic E-state index is -4.54. The van der Waals surface area contributed by atoms with E-state index in [1.165, 1.54) is 6.08 Å². The number of alkyl halides is 3. The third-order valence-corrected chi connectivity index (χ3v) is 2.64. The minimum absolute atomic E-state index is 0.0598. The Hall–Kier alpha value is -2.02. The zero-order valence-electron chi connectivity index (χ0n) is 11.5. The van der Waals surface area contributed by atoms with Crippen LogP contribution in [0.1, 0.15) is 22.8 Å². The van der Waals surface area contributed by atoms with Crippen molar-refractivity contribution in [1.82, 2.24) is 5.32 Å². The Morgan fingerprint density at radius 1 is 1.52 bits per heavy atom. The molecule has 0 aliphatic rings. The lowest BCUT2D eigenvalue weighted by molar-refractivity contribution is -0.137. The van der Waals surface area contributed by atoms with Gasteiger partial charge in [0.2, 0.25) is 0 Å². The first-order valence-electron chi connectivity index (χ1n) is 6.25. The van der Waals surface area contributed by atoms with Crippen molar-refractivity contribution in [2.75, 3.05) is 13.2 Å². The van der Waals surface area contributed by atoms with Crippen LogP contribution >= 0.6 is 0 Å². The van der Waals surface area contributed by atoms with Gasteiger partial charge in [-0.05, 0) is 25.1 Å². The minimum Gasteiger partial charge on any atom is -0.489 e. The van der Waals surface area contributed by atoms with Crippen molar-refractivity contribution in [3.8, 4) is 5.75 Å². The lowest BCUT2D eigenvalue weighted by atomic mass is 10.1. The van der Waals surface area contributed by atoms with Gasteiger partial charge in [-0.15, -0.1) is 0 Å². The number of ether oxygens (including phenoxy) is 1. The number of hydrogen-bond donors (Lipinski definition) is 2. The fraction of sp³-hybridized carbons (Fsp3) is 0.357. The topological polar surface area (TPSA) is 64.3 Å². The predicted octanol–water partition coefficient (Wildman–Crippen LogP) is 2.35. The number of nitrogens with one attached hydrogen (secondary N) is 1. The van der Waals surface area contributed by atoms with Crippen LogP contribution in [0.4, 0.5) is 13.2 Å². The van der Waals surface area contributed by atoms with Crippen LogP contribution in [0.3, 0.4) is 0 Å². The molecule has 0 unspecified atom stereocenters. The van der Waals surface area contributed by atoms with E-state index in [-0.39, 0.29) is 30.5 Å². The first kappa shape index (κ1) is 17.0. The summed E-state index contributed by atoms with van der Waals surface area (Å²) < 4.78 is 43.4. The average molecular weight is 302 g/mol. The van der Waals surface area contributed by atoms with E-state index in [2.05, 4.69) is 11.9 Å². The van der Waals surface area contributed by atoms with E-state index < -0.39 is 17.6 Å². The molecule has 0 aliphatic carbocycles. The van der Waals surface area contributed by atoms with E-state index in [9.17, 15) is 18.0 Å². The molecule has 0 aromatic heterocycles. The van der Waals surface area contributed by atoms with Crippen molar-refractivity contribution in [1.29, 1.82) is 0 Å². The number of hydrogen-bond acceptors (Lipinski definition) is 3. The molecule has 1 amide bonds. The number of benzene rings is 1. The number of nitrogens with two attached hydrogens (primary N) is 1. The van der Waals surface area contributed by atoms with Crippen LogP contribution in [-0.2, 0) is 6.18 Å². The Labute approximate surface area is 120 Å². The Morgan fingerprint density at radius 2 is 2.19 bits per heavy atom. The van der Waals surface area contributed by atoms with Gasteiger partial charge in [0.25, 0.3) is 5.91 Å². The molecule has 0 fully saturated rings. The van der Waals surface area contributed by atoms with Crippen LogP contribution in [0.15, 0.2) is 30.9 Å². The molecule has 0 saturated heterocycles. The van der Waals surface area contributed by atoms with E-state index in [1.807, 2.05) is 0 Å². The number of carbonyl (C=O) groups is 1. The van der Waals surface area contributed by atoms with E-state index in [0.717, 1.165) is 18.2 Å². The van der Waals surface area contributed by atoms with Crippen molar-refractivity contribution in [2.45, 2.75) is 19.1 Å². The van der Waals surface area contributed by atoms with E-state index in [4.69, 9.17) is 10.5 Å². The molecule has 0 saturated carbocycles. The van der Waals surface area contributed by atoms with Crippen LogP contribution in [0.25, 0.3) is 0 Å². The molecule has 0 radical (unpaired) electrons. The fourth-order valence-corrected chi connectivity index (χ4v) is 1.52. The van der Waals surface area contributed by atoms with E-state index in [0.29, 0.717) is 0 Å². The highest BCUT2D eigenvalue weighted by molar-refractivity contribution is 5.97. The molecule has 0 bridgehead atoms. The number of halogens is 3. The van der Waals surface area contributed by atoms with Gasteiger partial charge < -0.3 is 15.8 Å². The lowest BCUT2D eigenvalue weighted by Crippen LogP contribution is -2.38. The summed E-state index contributed by atoms with van der Waals surface area (Å²) in [6.45, 7) is 5.35. The maximum Gasteiger partial charge on any atom is 0.416 e. The van der Waals surface area contributed by atoms with Crippen LogP contribution in [0, 0.1) is 0 Å². The predicted molar refractivity (Wildman–Crippen MR) is 73.1 cm³/mol. The molecule has 1 rings (SSSR count). The summed E-state index contributed by atoms with van der Waals surface area (Å²) in [5, 5.41) is 2.50. The Bertz CT molecular complexity index is 515. The summed E-state index contributed by atoms with van der Waals surface area (Å²) in [6.07, 6.45) is -3.10. The van der Waals surface area contributed by atoms with Gasteiger partial charge >= 0.3 is 6.18 Å². The van der Waals surface area contributed by atoms with Crippen molar-refractivity contribution in [2.24, 2.45) is 5.73 Å². The SMILES string of the molecule is C=CCOc1ccc(C(F)(F)F)cc1C(=O)N[C@@H](C)CN.